The molecule has 1 saturated carbocycles. The minimum atomic E-state index is 0.485. The Bertz CT molecular complexity index is 364. The van der Waals surface area contributed by atoms with Crippen molar-refractivity contribution in [2.45, 2.75) is 58.4 Å². The van der Waals surface area contributed by atoms with E-state index in [1.54, 1.807) is 0 Å². The summed E-state index contributed by atoms with van der Waals surface area (Å²) in [4.78, 5) is 0. The number of nitrogens with zero attached hydrogens (tertiary/aromatic N) is 2. The van der Waals surface area contributed by atoms with Gasteiger partial charge < -0.3 is 5.32 Å². The quantitative estimate of drug-likeness (QED) is 0.838. The standard InChI is InChI=1S/C15H27N3/c1-4-9-16-14(11-13-7-5-6-8-13)15-10-12(2)17-18(15)3/h10,13-14,16H,4-9,11H2,1-3H3. The van der Waals surface area contributed by atoms with Crippen LogP contribution >= 0.6 is 0 Å². The van der Waals surface area contributed by atoms with Crippen LogP contribution in [-0.2, 0) is 7.05 Å². The van der Waals surface area contributed by atoms with Crippen molar-refractivity contribution in [3.8, 4) is 0 Å². The lowest BCUT2D eigenvalue weighted by molar-refractivity contribution is 0.380. The second-order valence-electron chi connectivity index (χ2n) is 5.73. The zero-order valence-electron chi connectivity index (χ0n) is 12.1. The van der Waals surface area contributed by atoms with Crippen molar-refractivity contribution in [1.82, 2.24) is 15.1 Å². The highest BCUT2D eigenvalue weighted by Crippen LogP contribution is 2.33. The Morgan fingerprint density at radius 3 is 2.72 bits per heavy atom. The Hall–Kier alpha value is -0.830. The molecule has 0 bridgehead atoms. The predicted octanol–water partition coefficient (Wildman–Crippen LogP) is 3.35. The van der Waals surface area contributed by atoms with Gasteiger partial charge in [-0.1, -0.05) is 32.6 Å². The number of nitrogens with one attached hydrogen (secondary N) is 1. The largest absolute Gasteiger partial charge is 0.309 e. The molecule has 1 atom stereocenters. The third-order valence-corrected chi connectivity index (χ3v) is 4.08. The smallest absolute Gasteiger partial charge is 0.0597 e. The Balaban J connectivity index is 2.05. The van der Waals surface area contributed by atoms with Gasteiger partial charge in [0, 0.05) is 13.1 Å². The van der Waals surface area contributed by atoms with Gasteiger partial charge in [0.25, 0.3) is 0 Å². The second kappa shape index (κ2) is 6.37. The second-order valence-corrected chi connectivity index (χ2v) is 5.73. The molecule has 0 radical (unpaired) electrons. The number of hydrogen-bond donors (Lipinski definition) is 1. The maximum atomic E-state index is 4.49. The molecule has 1 unspecified atom stereocenters. The van der Waals surface area contributed by atoms with Crippen molar-refractivity contribution in [2.24, 2.45) is 13.0 Å². The van der Waals surface area contributed by atoms with E-state index in [0.29, 0.717) is 6.04 Å². The summed E-state index contributed by atoms with van der Waals surface area (Å²) in [5.41, 5.74) is 2.48. The number of rotatable bonds is 6. The molecular formula is C15H27N3. The highest BCUT2D eigenvalue weighted by Gasteiger charge is 2.23. The predicted molar refractivity (Wildman–Crippen MR) is 75.6 cm³/mol. The van der Waals surface area contributed by atoms with Crippen LogP contribution in [-0.4, -0.2) is 16.3 Å². The summed E-state index contributed by atoms with van der Waals surface area (Å²) < 4.78 is 2.05. The molecule has 18 heavy (non-hydrogen) atoms. The summed E-state index contributed by atoms with van der Waals surface area (Å²) >= 11 is 0. The van der Waals surface area contributed by atoms with Crippen LogP contribution in [0.3, 0.4) is 0 Å². The van der Waals surface area contributed by atoms with Crippen LogP contribution in [0, 0.1) is 12.8 Å². The average Bonchev–Trinajstić information content (AvgIpc) is 2.94. The monoisotopic (exact) mass is 249 g/mol. The van der Waals surface area contributed by atoms with Gasteiger partial charge in [-0.05, 0) is 38.3 Å². The van der Waals surface area contributed by atoms with Crippen LogP contribution < -0.4 is 5.32 Å². The van der Waals surface area contributed by atoms with E-state index in [1.807, 2.05) is 0 Å². The van der Waals surface area contributed by atoms with E-state index in [0.717, 1.165) is 18.2 Å². The van der Waals surface area contributed by atoms with Gasteiger partial charge in [0.15, 0.2) is 0 Å². The zero-order valence-corrected chi connectivity index (χ0v) is 12.1. The molecule has 2 rings (SSSR count). The summed E-state index contributed by atoms with van der Waals surface area (Å²) in [7, 11) is 2.07. The third kappa shape index (κ3) is 3.35. The first-order valence-electron chi connectivity index (χ1n) is 7.44. The molecule has 1 aromatic rings. The molecule has 1 N–H and O–H groups in total. The van der Waals surface area contributed by atoms with Crippen LogP contribution in [0.25, 0.3) is 0 Å². The average molecular weight is 249 g/mol. The fraction of sp³-hybridized carbons (Fsp3) is 0.800. The van der Waals surface area contributed by atoms with Crippen LogP contribution in [0.5, 0.6) is 0 Å². The molecule has 1 aliphatic carbocycles. The highest BCUT2D eigenvalue weighted by atomic mass is 15.3. The van der Waals surface area contributed by atoms with Crippen molar-refractivity contribution in [3.05, 3.63) is 17.5 Å². The van der Waals surface area contributed by atoms with Crippen molar-refractivity contribution in [2.75, 3.05) is 6.54 Å². The maximum Gasteiger partial charge on any atom is 0.0597 e. The van der Waals surface area contributed by atoms with Gasteiger partial charge >= 0.3 is 0 Å². The molecule has 0 saturated heterocycles. The number of hydrogen-bond acceptors (Lipinski definition) is 2. The summed E-state index contributed by atoms with van der Waals surface area (Å²) in [5, 5.41) is 8.20. The van der Waals surface area contributed by atoms with Gasteiger partial charge in [0.05, 0.1) is 11.4 Å². The van der Waals surface area contributed by atoms with Crippen molar-refractivity contribution in [1.29, 1.82) is 0 Å². The SMILES string of the molecule is CCCNC(CC1CCCC1)c1cc(C)nn1C. The third-order valence-electron chi connectivity index (χ3n) is 4.08. The molecule has 1 heterocycles. The van der Waals surface area contributed by atoms with Gasteiger partial charge in [-0.3, -0.25) is 4.68 Å². The molecule has 102 valence electrons. The molecule has 1 aliphatic rings. The van der Waals surface area contributed by atoms with Crippen LogP contribution in [0.2, 0.25) is 0 Å². The highest BCUT2D eigenvalue weighted by molar-refractivity contribution is 5.13. The Morgan fingerprint density at radius 1 is 1.44 bits per heavy atom. The lowest BCUT2D eigenvalue weighted by atomic mass is 9.96. The van der Waals surface area contributed by atoms with E-state index in [1.165, 1.54) is 44.2 Å². The Labute approximate surface area is 111 Å². The van der Waals surface area contributed by atoms with Crippen LogP contribution in [0.15, 0.2) is 6.07 Å². The van der Waals surface area contributed by atoms with E-state index in [4.69, 9.17) is 0 Å². The summed E-state index contributed by atoms with van der Waals surface area (Å²) in [6.45, 7) is 5.41. The lowest BCUT2D eigenvalue weighted by Crippen LogP contribution is -2.26. The topological polar surface area (TPSA) is 29.9 Å². The first kappa shape index (κ1) is 13.6. The van der Waals surface area contributed by atoms with E-state index >= 15 is 0 Å². The maximum absolute atomic E-state index is 4.49. The molecule has 0 spiro atoms. The molecule has 3 heteroatoms. The molecule has 0 aliphatic heterocycles. The van der Waals surface area contributed by atoms with Gasteiger partial charge in [-0.25, -0.2) is 0 Å². The number of aryl methyl sites for hydroxylation is 2. The van der Waals surface area contributed by atoms with E-state index in [2.05, 4.69) is 42.1 Å². The molecule has 1 fully saturated rings. The van der Waals surface area contributed by atoms with Gasteiger partial charge in [0.2, 0.25) is 0 Å². The fourth-order valence-electron chi connectivity index (χ4n) is 3.16. The van der Waals surface area contributed by atoms with E-state index in [-0.39, 0.29) is 0 Å². The van der Waals surface area contributed by atoms with Crippen LogP contribution in [0.1, 0.15) is 62.9 Å². The van der Waals surface area contributed by atoms with Crippen LogP contribution in [0.4, 0.5) is 0 Å². The van der Waals surface area contributed by atoms with Crippen molar-refractivity contribution in [3.63, 3.8) is 0 Å². The Kier molecular flexibility index (Phi) is 4.81. The van der Waals surface area contributed by atoms with Gasteiger partial charge in [-0.15, -0.1) is 0 Å². The first-order valence-corrected chi connectivity index (χ1v) is 7.44. The summed E-state index contributed by atoms with van der Waals surface area (Å²) in [5.74, 6) is 0.912. The molecule has 0 aromatic carbocycles. The molecular weight excluding hydrogens is 222 g/mol. The van der Waals surface area contributed by atoms with Crippen molar-refractivity contribution < 1.29 is 0 Å². The minimum absolute atomic E-state index is 0.485. The normalized spacial score (nSPS) is 18.4. The van der Waals surface area contributed by atoms with Crippen molar-refractivity contribution >= 4 is 0 Å². The van der Waals surface area contributed by atoms with Gasteiger partial charge in [-0.2, -0.15) is 5.10 Å². The fourth-order valence-corrected chi connectivity index (χ4v) is 3.16. The minimum Gasteiger partial charge on any atom is -0.309 e. The van der Waals surface area contributed by atoms with E-state index in [9.17, 15) is 0 Å². The summed E-state index contributed by atoms with van der Waals surface area (Å²) in [6.07, 6.45) is 8.16. The Morgan fingerprint density at radius 2 is 2.17 bits per heavy atom. The summed E-state index contributed by atoms with van der Waals surface area (Å²) in [6, 6.07) is 2.72. The zero-order chi connectivity index (χ0) is 13.0. The molecule has 0 amide bonds. The molecule has 3 nitrogen and oxygen atoms in total. The van der Waals surface area contributed by atoms with E-state index < -0.39 is 0 Å². The van der Waals surface area contributed by atoms with Gasteiger partial charge in [0.1, 0.15) is 0 Å². The molecule has 1 aromatic heterocycles. The lowest BCUT2D eigenvalue weighted by Gasteiger charge is -2.22. The number of aromatic nitrogens is 2. The first-order chi connectivity index (χ1) is 8.70.